The number of hydrogen-bond donors (Lipinski definition) is 3. The monoisotopic (exact) mass is 289 g/mol. The molecule has 3 heteroatoms. The first-order valence-electron chi connectivity index (χ1n) is 7.62. The van der Waals surface area contributed by atoms with E-state index in [0.29, 0.717) is 11.7 Å². The molecule has 1 aromatic carbocycles. The lowest BCUT2D eigenvalue weighted by Crippen LogP contribution is -2.29. The number of rotatable bonds is 10. The summed E-state index contributed by atoms with van der Waals surface area (Å²) in [5.74, 6) is 0.884. The van der Waals surface area contributed by atoms with Gasteiger partial charge in [0.15, 0.2) is 0 Å². The van der Waals surface area contributed by atoms with Crippen LogP contribution in [0.3, 0.4) is 0 Å². The van der Waals surface area contributed by atoms with Gasteiger partial charge >= 0.3 is 0 Å². The van der Waals surface area contributed by atoms with Crippen LogP contribution in [0.25, 0.3) is 0 Å². The Morgan fingerprint density at radius 2 is 2.00 bits per heavy atom. The number of nitrogens with one attached hydrogen (secondary N) is 1. The van der Waals surface area contributed by atoms with Crippen LogP contribution in [0, 0.1) is 5.92 Å². The second kappa shape index (κ2) is 10.2. The number of aliphatic hydroxyl groups is 1. The Morgan fingerprint density at radius 1 is 1.29 bits per heavy atom. The Labute approximate surface area is 128 Å². The SMILES string of the molecule is C=CC/C=C/C(O)NCCC(CC)Cc1ccc(O)cc1. The van der Waals surface area contributed by atoms with E-state index in [-0.39, 0.29) is 0 Å². The van der Waals surface area contributed by atoms with Crippen LogP contribution in [-0.2, 0) is 6.42 Å². The molecule has 0 radical (unpaired) electrons. The van der Waals surface area contributed by atoms with Crippen LogP contribution >= 0.6 is 0 Å². The number of phenols is 1. The molecule has 0 bridgehead atoms. The van der Waals surface area contributed by atoms with E-state index in [0.717, 1.165) is 32.2 Å². The zero-order valence-corrected chi connectivity index (χ0v) is 12.8. The van der Waals surface area contributed by atoms with Gasteiger partial charge in [-0.15, -0.1) is 6.58 Å². The molecule has 0 spiro atoms. The molecule has 0 fully saturated rings. The van der Waals surface area contributed by atoms with Crippen molar-refractivity contribution in [2.75, 3.05) is 6.54 Å². The van der Waals surface area contributed by atoms with Crippen LogP contribution in [0.4, 0.5) is 0 Å². The van der Waals surface area contributed by atoms with Crippen molar-refractivity contribution in [3.63, 3.8) is 0 Å². The molecule has 1 aromatic rings. The lowest BCUT2D eigenvalue weighted by Gasteiger charge is -2.16. The van der Waals surface area contributed by atoms with Gasteiger partial charge in [-0.2, -0.15) is 0 Å². The molecule has 21 heavy (non-hydrogen) atoms. The summed E-state index contributed by atoms with van der Waals surface area (Å²) in [5, 5.41) is 22.1. The van der Waals surface area contributed by atoms with Crippen LogP contribution in [0.5, 0.6) is 5.75 Å². The van der Waals surface area contributed by atoms with Crippen LogP contribution in [0.2, 0.25) is 0 Å². The number of benzene rings is 1. The summed E-state index contributed by atoms with van der Waals surface area (Å²) in [4.78, 5) is 0. The van der Waals surface area contributed by atoms with Crippen molar-refractivity contribution < 1.29 is 10.2 Å². The molecule has 116 valence electrons. The third kappa shape index (κ3) is 7.69. The second-order valence-electron chi connectivity index (χ2n) is 5.29. The zero-order valence-electron chi connectivity index (χ0n) is 12.8. The van der Waals surface area contributed by atoms with Gasteiger partial charge in [-0.3, -0.25) is 5.32 Å². The Morgan fingerprint density at radius 3 is 2.62 bits per heavy atom. The van der Waals surface area contributed by atoms with Crippen LogP contribution < -0.4 is 5.32 Å². The quantitative estimate of drug-likeness (QED) is 0.457. The smallest absolute Gasteiger partial charge is 0.124 e. The van der Waals surface area contributed by atoms with E-state index in [1.165, 1.54) is 5.56 Å². The topological polar surface area (TPSA) is 52.5 Å². The molecule has 2 unspecified atom stereocenters. The van der Waals surface area contributed by atoms with E-state index in [1.807, 2.05) is 18.2 Å². The molecule has 0 aliphatic carbocycles. The van der Waals surface area contributed by atoms with E-state index in [4.69, 9.17) is 0 Å². The summed E-state index contributed by atoms with van der Waals surface area (Å²) in [6.07, 6.45) is 8.76. The molecule has 0 saturated heterocycles. The molecule has 0 aliphatic heterocycles. The molecular formula is C18H27NO2. The standard InChI is InChI=1S/C18H27NO2/c1-3-5-6-7-18(21)19-13-12-15(4-2)14-16-8-10-17(20)11-9-16/h3,6-11,15,18-21H,1,4-5,12-14H2,2H3/b7-6+. The largest absolute Gasteiger partial charge is 0.508 e. The predicted molar refractivity (Wildman–Crippen MR) is 88.2 cm³/mol. The molecule has 0 aromatic heterocycles. The van der Waals surface area contributed by atoms with E-state index in [1.54, 1.807) is 24.3 Å². The minimum absolute atomic E-state index is 0.308. The summed E-state index contributed by atoms with van der Waals surface area (Å²) in [6, 6.07) is 7.40. The lowest BCUT2D eigenvalue weighted by molar-refractivity contribution is 0.181. The van der Waals surface area contributed by atoms with E-state index < -0.39 is 6.23 Å². The summed E-state index contributed by atoms with van der Waals surface area (Å²) in [5.41, 5.74) is 1.24. The van der Waals surface area contributed by atoms with E-state index in [2.05, 4.69) is 18.8 Å². The van der Waals surface area contributed by atoms with Crippen molar-refractivity contribution in [1.29, 1.82) is 0 Å². The Balaban J connectivity index is 2.30. The lowest BCUT2D eigenvalue weighted by atomic mass is 9.94. The van der Waals surface area contributed by atoms with Gasteiger partial charge in [0.05, 0.1) is 0 Å². The fraction of sp³-hybridized carbons (Fsp3) is 0.444. The average Bonchev–Trinajstić information content (AvgIpc) is 2.48. The van der Waals surface area contributed by atoms with Crippen molar-refractivity contribution >= 4 is 0 Å². The van der Waals surface area contributed by atoms with Crippen molar-refractivity contribution in [3.05, 3.63) is 54.6 Å². The van der Waals surface area contributed by atoms with Crippen LogP contribution in [0.1, 0.15) is 31.7 Å². The fourth-order valence-corrected chi connectivity index (χ4v) is 2.22. The van der Waals surface area contributed by atoms with Gasteiger partial charge in [-0.1, -0.05) is 37.6 Å². The first-order valence-corrected chi connectivity index (χ1v) is 7.62. The van der Waals surface area contributed by atoms with Crippen LogP contribution in [-0.4, -0.2) is 23.0 Å². The van der Waals surface area contributed by atoms with Gasteiger partial charge < -0.3 is 10.2 Å². The highest BCUT2D eigenvalue weighted by atomic mass is 16.3. The first-order chi connectivity index (χ1) is 10.2. The summed E-state index contributed by atoms with van der Waals surface area (Å²) in [7, 11) is 0. The zero-order chi connectivity index (χ0) is 15.5. The highest BCUT2D eigenvalue weighted by molar-refractivity contribution is 5.26. The highest BCUT2D eigenvalue weighted by Crippen LogP contribution is 2.17. The minimum Gasteiger partial charge on any atom is -0.508 e. The maximum absolute atomic E-state index is 9.72. The average molecular weight is 289 g/mol. The third-order valence-corrected chi connectivity index (χ3v) is 3.57. The van der Waals surface area contributed by atoms with Gasteiger partial charge in [-0.05, 0) is 55.5 Å². The molecule has 0 amide bonds. The maximum Gasteiger partial charge on any atom is 0.124 e. The number of aliphatic hydroxyl groups excluding tert-OH is 1. The second-order valence-corrected chi connectivity index (χ2v) is 5.29. The van der Waals surface area contributed by atoms with Crippen LogP contribution in [0.15, 0.2) is 49.1 Å². The fourth-order valence-electron chi connectivity index (χ4n) is 2.22. The Hall–Kier alpha value is -1.58. The molecule has 3 N–H and O–H groups in total. The Bertz CT molecular complexity index is 425. The summed E-state index contributed by atoms with van der Waals surface area (Å²) in [6.45, 7) is 6.60. The summed E-state index contributed by atoms with van der Waals surface area (Å²) < 4.78 is 0. The van der Waals surface area contributed by atoms with Gasteiger partial charge in [0.2, 0.25) is 0 Å². The number of aromatic hydroxyl groups is 1. The van der Waals surface area contributed by atoms with E-state index >= 15 is 0 Å². The van der Waals surface area contributed by atoms with Gasteiger partial charge in [0.1, 0.15) is 12.0 Å². The van der Waals surface area contributed by atoms with Crippen molar-refractivity contribution in [3.8, 4) is 5.75 Å². The molecule has 0 aliphatic rings. The van der Waals surface area contributed by atoms with Gasteiger partial charge in [0.25, 0.3) is 0 Å². The van der Waals surface area contributed by atoms with Gasteiger partial charge in [0, 0.05) is 0 Å². The van der Waals surface area contributed by atoms with Crippen molar-refractivity contribution in [2.45, 2.75) is 38.8 Å². The molecule has 2 atom stereocenters. The van der Waals surface area contributed by atoms with Crippen molar-refractivity contribution in [1.82, 2.24) is 5.32 Å². The molecular weight excluding hydrogens is 262 g/mol. The predicted octanol–water partition coefficient (Wildman–Crippen LogP) is 3.39. The molecule has 1 rings (SSSR count). The van der Waals surface area contributed by atoms with E-state index in [9.17, 15) is 10.2 Å². The molecule has 0 saturated carbocycles. The summed E-state index contributed by atoms with van der Waals surface area (Å²) >= 11 is 0. The highest BCUT2D eigenvalue weighted by Gasteiger charge is 2.08. The number of allylic oxidation sites excluding steroid dienone is 2. The Kier molecular flexibility index (Phi) is 8.48. The number of phenolic OH excluding ortho intramolecular Hbond substituents is 1. The molecule has 3 nitrogen and oxygen atoms in total. The minimum atomic E-state index is -0.587. The maximum atomic E-state index is 9.72. The number of hydrogen-bond acceptors (Lipinski definition) is 3. The molecule has 0 heterocycles. The van der Waals surface area contributed by atoms with Crippen molar-refractivity contribution in [2.24, 2.45) is 5.92 Å². The third-order valence-electron chi connectivity index (χ3n) is 3.57. The van der Waals surface area contributed by atoms with Gasteiger partial charge in [-0.25, -0.2) is 0 Å². The normalized spacial score (nSPS) is 14.2. The first kappa shape index (κ1) is 17.5.